The van der Waals surface area contributed by atoms with Crippen molar-refractivity contribution in [2.24, 2.45) is 17.8 Å². The molecule has 0 heterocycles. The molecule has 0 spiro atoms. The van der Waals surface area contributed by atoms with Crippen molar-refractivity contribution in [3.8, 4) is 0 Å². The quantitative estimate of drug-likeness (QED) is 0.649. The Balaban J connectivity index is 1.53. The van der Waals surface area contributed by atoms with Crippen molar-refractivity contribution in [3.05, 3.63) is 41.2 Å². The van der Waals surface area contributed by atoms with E-state index in [0.717, 1.165) is 63.5 Å². The summed E-state index contributed by atoms with van der Waals surface area (Å²) in [5.74, 6) is -1.50. The maximum absolute atomic E-state index is 13.2. The van der Waals surface area contributed by atoms with E-state index >= 15 is 0 Å². The van der Waals surface area contributed by atoms with Crippen LogP contribution in [0.25, 0.3) is 6.08 Å². The van der Waals surface area contributed by atoms with E-state index in [2.05, 4.69) is 0 Å². The lowest BCUT2D eigenvalue weighted by atomic mass is 9.71. The van der Waals surface area contributed by atoms with Gasteiger partial charge in [0.25, 0.3) is 0 Å². The molecule has 0 saturated heterocycles. The second-order valence-corrected chi connectivity index (χ2v) is 7.21. The van der Waals surface area contributed by atoms with Crippen molar-refractivity contribution in [1.82, 2.24) is 0 Å². The fourth-order valence-electron chi connectivity index (χ4n) is 4.16. The van der Waals surface area contributed by atoms with Crippen LogP contribution in [-0.4, -0.2) is 5.78 Å². The lowest BCUT2D eigenvalue weighted by Crippen LogP contribution is -2.25. The van der Waals surface area contributed by atoms with Crippen molar-refractivity contribution < 1.29 is 18.0 Å². The van der Waals surface area contributed by atoms with Gasteiger partial charge in [-0.15, -0.1) is 0 Å². The number of carbonyl (C=O) groups excluding carboxylic acids is 1. The molecule has 130 valence electrons. The largest absolute Gasteiger partial charge is 0.300 e. The van der Waals surface area contributed by atoms with Crippen molar-refractivity contribution in [3.63, 3.8) is 0 Å². The second kappa shape index (κ2) is 7.54. The molecule has 2 aliphatic carbocycles. The van der Waals surface area contributed by atoms with Gasteiger partial charge in [0, 0.05) is 12.8 Å². The van der Waals surface area contributed by atoms with Gasteiger partial charge in [-0.2, -0.15) is 0 Å². The van der Waals surface area contributed by atoms with Crippen LogP contribution in [0.5, 0.6) is 0 Å². The van der Waals surface area contributed by atoms with E-state index in [-0.39, 0.29) is 0 Å². The molecule has 4 heteroatoms. The van der Waals surface area contributed by atoms with Gasteiger partial charge in [-0.1, -0.05) is 12.2 Å². The molecular formula is C20H23F3O. The van der Waals surface area contributed by atoms with Crippen molar-refractivity contribution in [1.29, 1.82) is 0 Å². The van der Waals surface area contributed by atoms with Gasteiger partial charge in [-0.25, -0.2) is 13.2 Å². The Morgan fingerprint density at radius 2 is 1.38 bits per heavy atom. The van der Waals surface area contributed by atoms with Crippen LogP contribution < -0.4 is 0 Å². The van der Waals surface area contributed by atoms with Gasteiger partial charge in [0.2, 0.25) is 0 Å². The minimum Gasteiger partial charge on any atom is -0.300 e. The molecule has 1 aromatic carbocycles. The smallest absolute Gasteiger partial charge is 0.194 e. The van der Waals surface area contributed by atoms with Crippen LogP contribution in [-0.2, 0) is 4.79 Å². The van der Waals surface area contributed by atoms with Gasteiger partial charge >= 0.3 is 0 Å². The summed E-state index contributed by atoms with van der Waals surface area (Å²) in [5.41, 5.74) is 0.360. The zero-order valence-electron chi connectivity index (χ0n) is 13.7. The zero-order chi connectivity index (χ0) is 17.1. The second-order valence-electron chi connectivity index (χ2n) is 7.21. The summed E-state index contributed by atoms with van der Waals surface area (Å²) in [6.07, 6.45) is 11.7. The summed E-state index contributed by atoms with van der Waals surface area (Å²) >= 11 is 0. The van der Waals surface area contributed by atoms with Crippen molar-refractivity contribution in [2.45, 2.75) is 51.4 Å². The average molecular weight is 336 g/mol. The highest BCUT2D eigenvalue weighted by molar-refractivity contribution is 5.79. The first-order chi connectivity index (χ1) is 11.5. The minimum absolute atomic E-state index is 0.360. The molecule has 2 fully saturated rings. The predicted octanol–water partition coefficient (Wildman–Crippen LogP) is 5.68. The van der Waals surface area contributed by atoms with E-state index in [4.69, 9.17) is 0 Å². The summed E-state index contributed by atoms with van der Waals surface area (Å²) in [6, 6.07) is 2.05. The predicted molar refractivity (Wildman–Crippen MR) is 87.8 cm³/mol. The van der Waals surface area contributed by atoms with Gasteiger partial charge in [-0.3, -0.25) is 4.79 Å². The normalized spacial score (nSPS) is 26.2. The van der Waals surface area contributed by atoms with Crippen LogP contribution in [0.4, 0.5) is 13.2 Å². The van der Waals surface area contributed by atoms with Crippen LogP contribution in [0, 0.1) is 35.2 Å². The summed E-state index contributed by atoms with van der Waals surface area (Å²) in [4.78, 5) is 11.3. The molecule has 24 heavy (non-hydrogen) atoms. The molecule has 1 aromatic rings. The van der Waals surface area contributed by atoms with Gasteiger partial charge in [0.05, 0.1) is 0 Å². The summed E-state index contributed by atoms with van der Waals surface area (Å²) in [7, 11) is 0. The van der Waals surface area contributed by atoms with Gasteiger partial charge in [0.15, 0.2) is 17.5 Å². The monoisotopic (exact) mass is 336 g/mol. The summed E-state index contributed by atoms with van der Waals surface area (Å²) in [5, 5.41) is 0. The maximum Gasteiger partial charge on any atom is 0.194 e. The van der Waals surface area contributed by atoms with E-state index < -0.39 is 17.5 Å². The molecule has 0 aromatic heterocycles. The highest BCUT2D eigenvalue weighted by atomic mass is 19.2. The Kier molecular flexibility index (Phi) is 5.42. The molecule has 0 aliphatic heterocycles. The number of Topliss-reactive ketones (excluding diaryl/α,β-unsaturated/α-hetero) is 1. The lowest BCUT2D eigenvalue weighted by molar-refractivity contribution is -0.121. The number of carbonyl (C=O) groups is 1. The van der Waals surface area contributed by atoms with Crippen LogP contribution in [0.3, 0.4) is 0 Å². The third-order valence-electron chi connectivity index (χ3n) is 5.64. The van der Waals surface area contributed by atoms with E-state index in [1.807, 2.05) is 6.08 Å². The highest BCUT2D eigenvalue weighted by Gasteiger charge is 2.29. The molecular weight excluding hydrogens is 313 g/mol. The standard InChI is InChI=1S/C20H23F3O/c21-18-11-14(12-19(22)20(18)23)2-1-13-3-5-15(6-4-13)16-7-9-17(24)10-8-16/h1-2,11-13,15-16H,3-10H2/b2-1+. The zero-order valence-corrected chi connectivity index (χ0v) is 13.7. The van der Waals surface area contributed by atoms with Crippen LogP contribution in [0.1, 0.15) is 56.9 Å². The van der Waals surface area contributed by atoms with Gasteiger partial charge in [-0.05, 0) is 74.0 Å². The SMILES string of the molecule is O=C1CCC(C2CCC(/C=C/c3cc(F)c(F)c(F)c3)CC2)CC1. The number of allylic oxidation sites excluding steroid dienone is 1. The topological polar surface area (TPSA) is 17.1 Å². The van der Waals surface area contributed by atoms with Crippen molar-refractivity contribution >= 4 is 11.9 Å². The lowest BCUT2D eigenvalue weighted by Gasteiger charge is -2.34. The number of hydrogen-bond donors (Lipinski definition) is 0. The first-order valence-corrected chi connectivity index (χ1v) is 8.87. The Hall–Kier alpha value is -1.58. The number of rotatable bonds is 3. The molecule has 1 nitrogen and oxygen atoms in total. The molecule has 0 unspecified atom stereocenters. The van der Waals surface area contributed by atoms with Crippen LogP contribution in [0.15, 0.2) is 18.2 Å². The number of hydrogen-bond acceptors (Lipinski definition) is 1. The summed E-state index contributed by atoms with van der Waals surface area (Å²) in [6.45, 7) is 0. The number of ketones is 1. The molecule has 0 radical (unpaired) electrons. The van der Waals surface area contributed by atoms with E-state index in [0.29, 0.717) is 29.1 Å². The molecule has 0 N–H and O–H groups in total. The van der Waals surface area contributed by atoms with Gasteiger partial charge in [0.1, 0.15) is 5.78 Å². The first-order valence-electron chi connectivity index (χ1n) is 8.87. The Morgan fingerprint density at radius 3 is 1.96 bits per heavy atom. The fourth-order valence-corrected chi connectivity index (χ4v) is 4.16. The molecule has 2 aliphatic rings. The van der Waals surface area contributed by atoms with E-state index in [9.17, 15) is 18.0 Å². The minimum atomic E-state index is -1.42. The molecule has 0 bridgehead atoms. The first kappa shape index (κ1) is 17.2. The Labute approximate surface area is 140 Å². The van der Waals surface area contributed by atoms with Crippen LogP contribution >= 0.6 is 0 Å². The maximum atomic E-state index is 13.2. The van der Waals surface area contributed by atoms with Gasteiger partial charge < -0.3 is 0 Å². The molecule has 3 rings (SSSR count). The van der Waals surface area contributed by atoms with E-state index in [1.54, 1.807) is 6.08 Å². The average Bonchev–Trinajstić information content (AvgIpc) is 2.59. The van der Waals surface area contributed by atoms with E-state index in [1.165, 1.54) is 0 Å². The highest BCUT2D eigenvalue weighted by Crippen LogP contribution is 2.39. The van der Waals surface area contributed by atoms with Crippen LogP contribution in [0.2, 0.25) is 0 Å². The number of benzene rings is 1. The molecule has 0 atom stereocenters. The summed E-state index contributed by atoms with van der Waals surface area (Å²) < 4.78 is 39.4. The fraction of sp³-hybridized carbons (Fsp3) is 0.550. The Morgan fingerprint density at radius 1 is 0.833 bits per heavy atom. The molecule has 0 amide bonds. The number of halogens is 3. The molecule has 2 saturated carbocycles. The third-order valence-corrected chi connectivity index (χ3v) is 5.64. The Bertz CT molecular complexity index is 597. The third kappa shape index (κ3) is 4.08. The van der Waals surface area contributed by atoms with Crippen molar-refractivity contribution in [2.75, 3.05) is 0 Å².